The minimum absolute atomic E-state index is 0.536. The molecule has 88 valence electrons. The van der Waals surface area contributed by atoms with E-state index in [4.69, 9.17) is 10.5 Å². The summed E-state index contributed by atoms with van der Waals surface area (Å²) in [4.78, 5) is 0. The first-order valence-electron chi connectivity index (χ1n) is 5.86. The molecule has 0 saturated carbocycles. The van der Waals surface area contributed by atoms with Crippen molar-refractivity contribution in [3.8, 4) is 12.1 Å². The highest BCUT2D eigenvalue weighted by molar-refractivity contribution is 5.66. The summed E-state index contributed by atoms with van der Waals surface area (Å²) in [7, 11) is 0. The van der Waals surface area contributed by atoms with E-state index in [1.165, 1.54) is 0 Å². The van der Waals surface area contributed by atoms with Crippen LogP contribution in [0.4, 0.5) is 5.69 Å². The van der Waals surface area contributed by atoms with Crippen LogP contribution in [-0.4, -0.2) is 6.54 Å². The molecule has 0 unspecified atom stereocenters. The second kappa shape index (κ2) is 6.55. The Kier molecular flexibility index (Phi) is 5.04. The van der Waals surface area contributed by atoms with E-state index in [-0.39, 0.29) is 0 Å². The minimum Gasteiger partial charge on any atom is -0.383 e. The van der Waals surface area contributed by atoms with Gasteiger partial charge in [0.1, 0.15) is 12.1 Å². The Hall–Kier alpha value is -2.00. The minimum atomic E-state index is 0.536. The van der Waals surface area contributed by atoms with Crippen molar-refractivity contribution in [2.45, 2.75) is 26.7 Å². The number of para-hydroxylation sites is 1. The number of nitrogens with zero attached hydrogens (tertiary/aromatic N) is 2. The van der Waals surface area contributed by atoms with Gasteiger partial charge >= 0.3 is 0 Å². The van der Waals surface area contributed by atoms with Crippen LogP contribution in [-0.2, 0) is 0 Å². The molecule has 0 fully saturated rings. The highest BCUT2D eigenvalue weighted by Crippen LogP contribution is 2.20. The Morgan fingerprint density at radius 2 is 1.76 bits per heavy atom. The van der Waals surface area contributed by atoms with Gasteiger partial charge in [0.15, 0.2) is 0 Å². The highest BCUT2D eigenvalue weighted by Gasteiger charge is 2.06. The van der Waals surface area contributed by atoms with Crippen molar-refractivity contribution in [3.05, 3.63) is 29.3 Å². The Morgan fingerprint density at radius 3 is 2.24 bits per heavy atom. The summed E-state index contributed by atoms with van der Waals surface area (Å²) < 4.78 is 0. The van der Waals surface area contributed by atoms with Crippen LogP contribution in [0, 0.1) is 28.6 Å². The summed E-state index contributed by atoms with van der Waals surface area (Å²) in [5, 5.41) is 21.2. The third kappa shape index (κ3) is 3.81. The summed E-state index contributed by atoms with van der Waals surface area (Å²) in [5.41, 5.74) is 1.74. The SMILES string of the molecule is CC(C)CCCNc1c(C#N)cccc1C#N. The largest absolute Gasteiger partial charge is 0.383 e. The van der Waals surface area contributed by atoms with E-state index >= 15 is 0 Å². The number of rotatable bonds is 5. The van der Waals surface area contributed by atoms with Gasteiger partial charge in [0.25, 0.3) is 0 Å². The molecule has 0 bridgehead atoms. The van der Waals surface area contributed by atoms with Crippen molar-refractivity contribution in [1.82, 2.24) is 0 Å². The maximum Gasteiger partial charge on any atom is 0.101 e. The van der Waals surface area contributed by atoms with Crippen molar-refractivity contribution < 1.29 is 0 Å². The molecule has 0 heterocycles. The molecule has 0 saturated heterocycles. The van der Waals surface area contributed by atoms with E-state index < -0.39 is 0 Å². The van der Waals surface area contributed by atoms with Crippen molar-refractivity contribution in [2.24, 2.45) is 5.92 Å². The molecule has 0 aliphatic heterocycles. The first kappa shape index (κ1) is 13.1. The lowest BCUT2D eigenvalue weighted by Gasteiger charge is -2.10. The fourth-order valence-electron chi connectivity index (χ4n) is 1.65. The predicted octanol–water partition coefficient (Wildman–Crippen LogP) is 3.28. The van der Waals surface area contributed by atoms with E-state index in [2.05, 4.69) is 31.3 Å². The van der Waals surface area contributed by atoms with Gasteiger partial charge in [-0.25, -0.2) is 0 Å². The van der Waals surface area contributed by atoms with Crippen LogP contribution < -0.4 is 5.32 Å². The van der Waals surface area contributed by atoms with Crippen molar-refractivity contribution in [1.29, 1.82) is 10.5 Å². The fraction of sp³-hybridized carbons (Fsp3) is 0.429. The molecule has 3 nitrogen and oxygen atoms in total. The van der Waals surface area contributed by atoms with Gasteiger partial charge in [-0.1, -0.05) is 19.9 Å². The van der Waals surface area contributed by atoms with Gasteiger partial charge in [0, 0.05) is 6.54 Å². The Bertz CT molecular complexity index is 417. The number of benzene rings is 1. The molecule has 0 radical (unpaired) electrons. The number of hydrogen-bond donors (Lipinski definition) is 1. The highest BCUT2D eigenvalue weighted by atomic mass is 14.9. The lowest BCUT2D eigenvalue weighted by atomic mass is 10.1. The number of hydrogen-bond acceptors (Lipinski definition) is 3. The third-order valence-corrected chi connectivity index (χ3v) is 2.57. The van der Waals surface area contributed by atoms with Gasteiger partial charge in [-0.05, 0) is 30.9 Å². The molecule has 0 atom stereocenters. The molecule has 0 aromatic heterocycles. The van der Waals surface area contributed by atoms with Crippen molar-refractivity contribution in [2.75, 3.05) is 11.9 Å². The van der Waals surface area contributed by atoms with Crippen LogP contribution in [0.25, 0.3) is 0 Å². The summed E-state index contributed by atoms with van der Waals surface area (Å²) >= 11 is 0. The summed E-state index contributed by atoms with van der Waals surface area (Å²) in [6.45, 7) is 5.17. The number of anilines is 1. The van der Waals surface area contributed by atoms with E-state index in [0.29, 0.717) is 22.7 Å². The second-order valence-electron chi connectivity index (χ2n) is 4.41. The van der Waals surface area contributed by atoms with Gasteiger partial charge in [0.05, 0.1) is 16.8 Å². The standard InChI is InChI=1S/C14H17N3/c1-11(2)5-4-8-17-14-12(9-15)6-3-7-13(14)10-16/h3,6-7,11,17H,4-5,8H2,1-2H3. The Balaban J connectivity index is 2.70. The van der Waals surface area contributed by atoms with Gasteiger partial charge < -0.3 is 5.32 Å². The van der Waals surface area contributed by atoms with E-state index in [1.54, 1.807) is 18.2 Å². The fourth-order valence-corrected chi connectivity index (χ4v) is 1.65. The van der Waals surface area contributed by atoms with Crippen LogP contribution in [0.3, 0.4) is 0 Å². The van der Waals surface area contributed by atoms with Gasteiger partial charge in [-0.15, -0.1) is 0 Å². The summed E-state index contributed by atoms with van der Waals surface area (Å²) in [5.74, 6) is 0.679. The van der Waals surface area contributed by atoms with Crippen molar-refractivity contribution in [3.63, 3.8) is 0 Å². The molecule has 0 aliphatic rings. The first-order valence-corrected chi connectivity index (χ1v) is 5.86. The molecule has 1 N–H and O–H groups in total. The third-order valence-electron chi connectivity index (χ3n) is 2.57. The molecular weight excluding hydrogens is 210 g/mol. The molecule has 17 heavy (non-hydrogen) atoms. The normalized spacial score (nSPS) is 9.71. The second-order valence-corrected chi connectivity index (χ2v) is 4.41. The average molecular weight is 227 g/mol. The van der Waals surface area contributed by atoms with Crippen LogP contribution in [0.15, 0.2) is 18.2 Å². The molecule has 3 heteroatoms. The lowest BCUT2D eigenvalue weighted by Crippen LogP contribution is -2.06. The molecule has 1 aromatic carbocycles. The van der Waals surface area contributed by atoms with Gasteiger partial charge in [-0.2, -0.15) is 10.5 Å². The van der Waals surface area contributed by atoms with E-state index in [1.807, 2.05) is 0 Å². The maximum absolute atomic E-state index is 8.98. The van der Waals surface area contributed by atoms with E-state index in [9.17, 15) is 0 Å². The van der Waals surface area contributed by atoms with Crippen molar-refractivity contribution >= 4 is 5.69 Å². The number of nitriles is 2. The zero-order valence-electron chi connectivity index (χ0n) is 10.3. The predicted molar refractivity (Wildman–Crippen MR) is 68.4 cm³/mol. The quantitative estimate of drug-likeness (QED) is 0.785. The van der Waals surface area contributed by atoms with Gasteiger partial charge in [0.2, 0.25) is 0 Å². The molecule has 0 spiro atoms. The lowest BCUT2D eigenvalue weighted by molar-refractivity contribution is 0.567. The Morgan fingerprint density at radius 1 is 1.18 bits per heavy atom. The van der Waals surface area contributed by atoms with Crippen LogP contribution in [0.2, 0.25) is 0 Å². The summed E-state index contributed by atoms with van der Waals surface area (Å²) in [6, 6.07) is 9.40. The molecule has 0 amide bonds. The molecule has 0 aliphatic carbocycles. The zero-order chi connectivity index (χ0) is 12.7. The van der Waals surface area contributed by atoms with Gasteiger partial charge in [-0.3, -0.25) is 0 Å². The van der Waals surface area contributed by atoms with Crippen LogP contribution in [0.1, 0.15) is 37.8 Å². The molecule has 1 rings (SSSR count). The first-order chi connectivity index (χ1) is 8.19. The average Bonchev–Trinajstić information content (AvgIpc) is 2.34. The molecular formula is C14H17N3. The van der Waals surface area contributed by atoms with E-state index in [0.717, 1.165) is 19.4 Å². The zero-order valence-corrected chi connectivity index (χ0v) is 10.3. The maximum atomic E-state index is 8.98. The number of nitrogens with one attached hydrogen (secondary N) is 1. The Labute approximate surface area is 103 Å². The van der Waals surface area contributed by atoms with Crippen LogP contribution in [0.5, 0.6) is 0 Å². The van der Waals surface area contributed by atoms with Crippen LogP contribution >= 0.6 is 0 Å². The topological polar surface area (TPSA) is 59.6 Å². The smallest absolute Gasteiger partial charge is 0.101 e. The molecule has 1 aromatic rings. The summed E-state index contributed by atoms with van der Waals surface area (Å²) in [6.07, 6.45) is 2.19. The monoisotopic (exact) mass is 227 g/mol.